The number of benzene rings is 2. The van der Waals surface area contributed by atoms with E-state index in [1.165, 1.54) is 0 Å². The standard InChI is InChI=1S/C17H19N3O3/c1-12(13-3-7-15(21)8-4-13)19-20-17(22)11-18-14-5-9-16(23-2)10-6-14/h3-10,18,21H,11H2,1-2H3,(H,20,22)/b19-12+. The van der Waals surface area contributed by atoms with E-state index >= 15 is 0 Å². The van der Waals surface area contributed by atoms with Gasteiger partial charge in [0.15, 0.2) is 0 Å². The van der Waals surface area contributed by atoms with Gasteiger partial charge in [0.1, 0.15) is 11.5 Å². The Bertz CT molecular complexity index is 679. The number of hydrazone groups is 1. The third-order valence-corrected chi connectivity index (χ3v) is 3.18. The van der Waals surface area contributed by atoms with Crippen LogP contribution in [0.3, 0.4) is 0 Å². The number of carbonyl (C=O) groups excluding carboxylic acids is 1. The molecule has 0 spiro atoms. The molecular weight excluding hydrogens is 294 g/mol. The van der Waals surface area contributed by atoms with Crippen LogP contribution in [0.25, 0.3) is 0 Å². The van der Waals surface area contributed by atoms with E-state index in [0.717, 1.165) is 17.0 Å². The highest BCUT2D eigenvalue weighted by Gasteiger charge is 2.02. The van der Waals surface area contributed by atoms with Crippen molar-refractivity contribution in [1.29, 1.82) is 0 Å². The third-order valence-electron chi connectivity index (χ3n) is 3.18. The lowest BCUT2D eigenvalue weighted by molar-refractivity contribution is -0.119. The molecule has 0 saturated carbocycles. The quantitative estimate of drug-likeness (QED) is 0.565. The van der Waals surface area contributed by atoms with Gasteiger partial charge in [-0.3, -0.25) is 4.79 Å². The summed E-state index contributed by atoms with van der Waals surface area (Å²) in [5.74, 6) is 0.697. The molecule has 0 aliphatic carbocycles. The van der Waals surface area contributed by atoms with Gasteiger partial charge in [0.05, 0.1) is 19.4 Å². The van der Waals surface area contributed by atoms with Crippen LogP contribution >= 0.6 is 0 Å². The molecule has 2 aromatic carbocycles. The second-order valence-electron chi connectivity index (χ2n) is 4.86. The molecule has 0 aromatic heterocycles. The predicted octanol–water partition coefficient (Wildman–Crippen LogP) is 2.35. The van der Waals surface area contributed by atoms with Gasteiger partial charge >= 0.3 is 0 Å². The van der Waals surface area contributed by atoms with Gasteiger partial charge in [0.25, 0.3) is 5.91 Å². The number of hydrogen-bond acceptors (Lipinski definition) is 5. The van der Waals surface area contributed by atoms with E-state index in [0.29, 0.717) is 5.71 Å². The molecule has 0 unspecified atom stereocenters. The second kappa shape index (κ2) is 7.84. The summed E-state index contributed by atoms with van der Waals surface area (Å²) < 4.78 is 5.07. The van der Waals surface area contributed by atoms with Crippen LogP contribution < -0.4 is 15.5 Å². The summed E-state index contributed by atoms with van der Waals surface area (Å²) in [6.07, 6.45) is 0. The number of methoxy groups -OCH3 is 1. The molecule has 6 nitrogen and oxygen atoms in total. The van der Waals surface area contributed by atoms with Gasteiger partial charge in [0.2, 0.25) is 0 Å². The van der Waals surface area contributed by atoms with E-state index in [1.54, 1.807) is 38.3 Å². The van der Waals surface area contributed by atoms with Crippen LogP contribution in [-0.4, -0.2) is 30.4 Å². The highest BCUT2D eigenvalue weighted by atomic mass is 16.5. The van der Waals surface area contributed by atoms with Gasteiger partial charge in [-0.25, -0.2) is 5.43 Å². The Kier molecular flexibility index (Phi) is 5.57. The van der Waals surface area contributed by atoms with E-state index in [9.17, 15) is 9.90 Å². The van der Waals surface area contributed by atoms with Crippen LogP contribution in [0, 0.1) is 0 Å². The largest absolute Gasteiger partial charge is 0.508 e. The van der Waals surface area contributed by atoms with Gasteiger partial charge in [-0.05, 0) is 61.0 Å². The molecule has 120 valence electrons. The van der Waals surface area contributed by atoms with Crippen molar-refractivity contribution in [3.63, 3.8) is 0 Å². The van der Waals surface area contributed by atoms with Crippen molar-refractivity contribution in [3.05, 3.63) is 54.1 Å². The summed E-state index contributed by atoms with van der Waals surface area (Å²) in [5.41, 5.74) is 4.79. The number of carbonyl (C=O) groups is 1. The van der Waals surface area contributed by atoms with E-state index in [4.69, 9.17) is 4.74 Å². The van der Waals surface area contributed by atoms with Gasteiger partial charge < -0.3 is 15.2 Å². The minimum atomic E-state index is -0.251. The van der Waals surface area contributed by atoms with Crippen LogP contribution in [0.15, 0.2) is 53.6 Å². The lowest BCUT2D eigenvalue weighted by Crippen LogP contribution is -2.26. The fourth-order valence-corrected chi connectivity index (χ4v) is 1.84. The van der Waals surface area contributed by atoms with Gasteiger partial charge in [0, 0.05) is 5.69 Å². The fourth-order valence-electron chi connectivity index (χ4n) is 1.84. The van der Waals surface area contributed by atoms with Crippen LogP contribution in [0.5, 0.6) is 11.5 Å². The molecule has 0 fully saturated rings. The number of nitrogens with one attached hydrogen (secondary N) is 2. The Hall–Kier alpha value is -3.02. The van der Waals surface area contributed by atoms with Crippen molar-refractivity contribution in [2.24, 2.45) is 5.10 Å². The van der Waals surface area contributed by atoms with Crippen molar-refractivity contribution in [3.8, 4) is 11.5 Å². The maximum Gasteiger partial charge on any atom is 0.259 e. The Morgan fingerprint density at radius 1 is 1.13 bits per heavy atom. The van der Waals surface area contributed by atoms with Gasteiger partial charge in [-0.2, -0.15) is 5.10 Å². The normalized spacial score (nSPS) is 11.0. The molecule has 1 amide bonds. The molecule has 0 atom stereocenters. The summed E-state index contributed by atoms with van der Waals surface area (Å²) in [6.45, 7) is 1.89. The van der Waals surface area contributed by atoms with Crippen molar-refractivity contribution in [2.75, 3.05) is 19.0 Å². The number of nitrogens with zero attached hydrogens (tertiary/aromatic N) is 1. The summed E-state index contributed by atoms with van der Waals surface area (Å²) >= 11 is 0. The van der Waals surface area contributed by atoms with Crippen molar-refractivity contribution >= 4 is 17.3 Å². The second-order valence-corrected chi connectivity index (χ2v) is 4.86. The molecule has 0 aliphatic rings. The summed E-state index contributed by atoms with van der Waals surface area (Å²) in [6, 6.07) is 13.9. The maximum absolute atomic E-state index is 11.8. The number of phenols is 1. The van der Waals surface area contributed by atoms with E-state index in [-0.39, 0.29) is 18.2 Å². The first-order valence-corrected chi connectivity index (χ1v) is 7.09. The molecule has 2 aromatic rings. The first-order valence-electron chi connectivity index (χ1n) is 7.09. The number of amides is 1. The highest BCUT2D eigenvalue weighted by Crippen LogP contribution is 2.14. The summed E-state index contributed by atoms with van der Waals surface area (Å²) in [5, 5.41) is 16.3. The molecule has 23 heavy (non-hydrogen) atoms. The molecule has 6 heteroatoms. The van der Waals surface area contributed by atoms with Gasteiger partial charge in [-0.1, -0.05) is 0 Å². The molecule has 0 saturated heterocycles. The van der Waals surface area contributed by atoms with E-state index < -0.39 is 0 Å². The Balaban J connectivity index is 1.84. The zero-order chi connectivity index (χ0) is 16.7. The summed E-state index contributed by atoms with van der Waals surface area (Å²) in [4.78, 5) is 11.8. The minimum absolute atomic E-state index is 0.110. The first kappa shape index (κ1) is 16.4. The average molecular weight is 313 g/mol. The predicted molar refractivity (Wildman–Crippen MR) is 89.9 cm³/mol. The molecular formula is C17H19N3O3. The molecule has 3 N–H and O–H groups in total. The number of rotatable bonds is 6. The Labute approximate surface area is 134 Å². The zero-order valence-electron chi connectivity index (χ0n) is 13.0. The summed E-state index contributed by atoms with van der Waals surface area (Å²) in [7, 11) is 1.60. The topological polar surface area (TPSA) is 83.0 Å². The number of anilines is 1. The minimum Gasteiger partial charge on any atom is -0.508 e. The van der Waals surface area contributed by atoms with E-state index in [1.807, 2.05) is 24.3 Å². The monoisotopic (exact) mass is 313 g/mol. The van der Waals surface area contributed by atoms with Crippen molar-refractivity contribution in [1.82, 2.24) is 5.43 Å². The lowest BCUT2D eigenvalue weighted by Gasteiger charge is -2.07. The third kappa shape index (κ3) is 5.03. The Morgan fingerprint density at radius 3 is 2.39 bits per heavy atom. The highest BCUT2D eigenvalue weighted by molar-refractivity contribution is 5.99. The maximum atomic E-state index is 11.8. The molecule has 0 bridgehead atoms. The number of phenolic OH excluding ortho intramolecular Hbond substituents is 1. The van der Waals surface area contributed by atoms with Crippen molar-refractivity contribution in [2.45, 2.75) is 6.92 Å². The molecule has 0 aliphatic heterocycles. The van der Waals surface area contributed by atoms with Crippen LogP contribution in [0.2, 0.25) is 0 Å². The number of aromatic hydroxyl groups is 1. The SMILES string of the molecule is COc1ccc(NCC(=O)N/N=C(\C)c2ccc(O)cc2)cc1. The molecule has 0 radical (unpaired) electrons. The zero-order valence-corrected chi connectivity index (χ0v) is 13.0. The first-order chi connectivity index (χ1) is 11.1. The fraction of sp³-hybridized carbons (Fsp3) is 0.176. The lowest BCUT2D eigenvalue weighted by atomic mass is 10.1. The van der Waals surface area contributed by atoms with Crippen LogP contribution in [0.4, 0.5) is 5.69 Å². The van der Waals surface area contributed by atoms with Gasteiger partial charge in [-0.15, -0.1) is 0 Å². The van der Waals surface area contributed by atoms with Crippen LogP contribution in [-0.2, 0) is 4.79 Å². The van der Waals surface area contributed by atoms with E-state index in [2.05, 4.69) is 15.8 Å². The smallest absolute Gasteiger partial charge is 0.259 e. The number of ether oxygens (including phenoxy) is 1. The van der Waals surface area contributed by atoms with Crippen LogP contribution in [0.1, 0.15) is 12.5 Å². The Morgan fingerprint density at radius 2 is 1.78 bits per heavy atom. The molecule has 2 rings (SSSR count). The average Bonchev–Trinajstić information content (AvgIpc) is 2.59. The molecule has 0 heterocycles. The number of hydrogen-bond donors (Lipinski definition) is 3. The van der Waals surface area contributed by atoms with Crippen molar-refractivity contribution < 1.29 is 14.6 Å².